The number of nitrogens with zero attached hydrogens (tertiary/aromatic N) is 4. The van der Waals surface area contributed by atoms with Crippen LogP contribution in [0.5, 0.6) is 0 Å². The Morgan fingerprint density at radius 2 is 2.09 bits per heavy atom. The molecular weight excluding hydrogens is 411 g/mol. The summed E-state index contributed by atoms with van der Waals surface area (Å²) in [4.78, 5) is 15.8. The normalized spacial score (nSPS) is 25.2. The molecule has 2 fully saturated rings. The van der Waals surface area contributed by atoms with Gasteiger partial charge in [0.1, 0.15) is 17.3 Å². The summed E-state index contributed by atoms with van der Waals surface area (Å²) in [6.45, 7) is 5.73. The van der Waals surface area contributed by atoms with Crippen molar-refractivity contribution in [3.05, 3.63) is 53.4 Å². The summed E-state index contributed by atoms with van der Waals surface area (Å²) in [5.41, 5.74) is 3.13. The van der Waals surface area contributed by atoms with E-state index in [2.05, 4.69) is 25.5 Å². The molecule has 3 aliphatic heterocycles. The van der Waals surface area contributed by atoms with Crippen molar-refractivity contribution in [2.24, 2.45) is 4.99 Å². The maximum absolute atomic E-state index is 15.1. The molecule has 0 aliphatic carbocycles. The van der Waals surface area contributed by atoms with Crippen LogP contribution in [0.25, 0.3) is 0 Å². The quantitative estimate of drug-likeness (QED) is 0.745. The molecule has 5 rings (SSSR count). The molecule has 1 aromatic heterocycles. The first-order chi connectivity index (χ1) is 15.8. The number of anilines is 1. The van der Waals surface area contributed by atoms with Gasteiger partial charge in [0, 0.05) is 51.6 Å². The zero-order valence-electron chi connectivity index (χ0n) is 18.1. The van der Waals surface area contributed by atoms with E-state index < -0.39 is 0 Å². The fourth-order valence-electron chi connectivity index (χ4n) is 4.43. The number of benzene rings is 1. The molecule has 8 nitrogen and oxygen atoms in total. The predicted octanol–water partition coefficient (Wildman–Crippen LogP) is 1.46. The van der Waals surface area contributed by atoms with Crippen LogP contribution in [0.4, 0.5) is 10.1 Å². The lowest BCUT2D eigenvalue weighted by Gasteiger charge is -2.29. The van der Waals surface area contributed by atoms with E-state index in [9.17, 15) is 0 Å². The van der Waals surface area contributed by atoms with Gasteiger partial charge >= 0.3 is 0 Å². The standard InChI is InChI=1S/C23H29FN6O2/c24-18-12-16(2-3-21(18)30-7-1-9-31-11-8-30)19-13-20-22(27-5-4-26-20)23(29-19)28-15-17-14-25-6-10-32-17/h2-5,12,17,19,25H,1,6-11,13-15H2,(H,28,29)/t17-,19?/m0/s1. The third kappa shape index (κ3) is 4.74. The van der Waals surface area contributed by atoms with E-state index in [0.717, 1.165) is 49.6 Å². The molecular formula is C23H29FN6O2. The van der Waals surface area contributed by atoms with Crippen LogP contribution in [-0.4, -0.2) is 74.5 Å². The van der Waals surface area contributed by atoms with Crippen LogP contribution in [-0.2, 0) is 15.9 Å². The van der Waals surface area contributed by atoms with Gasteiger partial charge in [0.15, 0.2) is 0 Å². The number of hydrogen-bond donors (Lipinski definition) is 2. The molecule has 32 heavy (non-hydrogen) atoms. The minimum absolute atomic E-state index is 0.0351. The van der Waals surface area contributed by atoms with Gasteiger partial charge in [-0.2, -0.15) is 0 Å². The Morgan fingerprint density at radius 3 is 2.97 bits per heavy atom. The van der Waals surface area contributed by atoms with Crippen LogP contribution in [0.3, 0.4) is 0 Å². The second-order valence-electron chi connectivity index (χ2n) is 8.30. The van der Waals surface area contributed by atoms with Gasteiger partial charge in [-0.3, -0.25) is 9.98 Å². The van der Waals surface area contributed by atoms with Gasteiger partial charge in [0.2, 0.25) is 0 Å². The fourth-order valence-corrected chi connectivity index (χ4v) is 4.43. The topological polar surface area (TPSA) is 83.9 Å². The molecule has 0 saturated carbocycles. The number of aromatic nitrogens is 2. The molecule has 0 bridgehead atoms. The van der Waals surface area contributed by atoms with Gasteiger partial charge in [0.25, 0.3) is 0 Å². The number of aliphatic imine (C=N–C) groups is 1. The number of amidine groups is 1. The minimum atomic E-state index is -0.212. The van der Waals surface area contributed by atoms with E-state index in [1.807, 2.05) is 12.1 Å². The first kappa shape index (κ1) is 21.2. The zero-order chi connectivity index (χ0) is 21.8. The largest absolute Gasteiger partial charge is 0.380 e. The maximum atomic E-state index is 15.1. The van der Waals surface area contributed by atoms with Gasteiger partial charge in [-0.05, 0) is 24.1 Å². The Hall–Kier alpha value is -2.62. The van der Waals surface area contributed by atoms with Crippen molar-refractivity contribution < 1.29 is 13.9 Å². The van der Waals surface area contributed by atoms with Gasteiger partial charge in [-0.1, -0.05) is 6.07 Å². The molecule has 9 heteroatoms. The molecule has 4 heterocycles. The van der Waals surface area contributed by atoms with Crippen LogP contribution in [0.15, 0.2) is 35.6 Å². The highest BCUT2D eigenvalue weighted by molar-refractivity contribution is 5.99. The first-order valence-electron chi connectivity index (χ1n) is 11.3. The highest BCUT2D eigenvalue weighted by atomic mass is 19.1. The van der Waals surface area contributed by atoms with Crippen LogP contribution < -0.4 is 15.5 Å². The van der Waals surface area contributed by atoms with E-state index in [1.165, 1.54) is 0 Å². The number of rotatable bonds is 4. The molecule has 0 amide bonds. The van der Waals surface area contributed by atoms with Crippen molar-refractivity contribution in [2.75, 3.05) is 57.4 Å². The van der Waals surface area contributed by atoms with E-state index >= 15 is 4.39 Å². The van der Waals surface area contributed by atoms with E-state index in [4.69, 9.17) is 14.5 Å². The lowest BCUT2D eigenvalue weighted by molar-refractivity contribution is 0.0349. The predicted molar refractivity (Wildman–Crippen MR) is 120 cm³/mol. The fraction of sp³-hybridized carbons (Fsp3) is 0.522. The molecule has 1 unspecified atom stereocenters. The summed E-state index contributed by atoms with van der Waals surface area (Å²) in [5.74, 6) is 0.476. The average molecular weight is 441 g/mol. The number of ether oxygens (including phenoxy) is 2. The summed E-state index contributed by atoms with van der Waals surface area (Å²) >= 11 is 0. The van der Waals surface area contributed by atoms with Crippen molar-refractivity contribution in [1.29, 1.82) is 0 Å². The number of fused-ring (bicyclic) bond motifs is 1. The number of nitrogens with one attached hydrogen (secondary N) is 2. The number of hydrogen-bond acceptors (Lipinski definition) is 7. The van der Waals surface area contributed by atoms with E-state index in [0.29, 0.717) is 44.2 Å². The van der Waals surface area contributed by atoms with Crippen molar-refractivity contribution in [3.8, 4) is 0 Å². The molecule has 1 aromatic carbocycles. The molecule has 2 aromatic rings. The molecule has 0 spiro atoms. The number of morpholine rings is 1. The maximum Gasteiger partial charge on any atom is 0.149 e. The SMILES string of the molecule is Fc1cc(C2Cc3nccnc3C(=NC[C@@H]3CNCCO3)N2)ccc1N1CCCOCC1. The molecule has 2 N–H and O–H groups in total. The Kier molecular flexibility index (Phi) is 6.56. The second kappa shape index (κ2) is 9.89. The van der Waals surface area contributed by atoms with Crippen LogP contribution in [0.2, 0.25) is 0 Å². The van der Waals surface area contributed by atoms with Crippen molar-refractivity contribution >= 4 is 11.5 Å². The van der Waals surface area contributed by atoms with Crippen molar-refractivity contribution in [1.82, 2.24) is 20.6 Å². The van der Waals surface area contributed by atoms with Gasteiger partial charge in [-0.15, -0.1) is 0 Å². The van der Waals surface area contributed by atoms with Gasteiger partial charge < -0.3 is 25.0 Å². The second-order valence-corrected chi connectivity index (χ2v) is 8.30. The summed E-state index contributed by atoms with van der Waals surface area (Å²) in [6.07, 6.45) is 4.93. The lowest BCUT2D eigenvalue weighted by Crippen LogP contribution is -2.42. The Morgan fingerprint density at radius 1 is 1.16 bits per heavy atom. The summed E-state index contributed by atoms with van der Waals surface area (Å²) in [7, 11) is 0. The smallest absolute Gasteiger partial charge is 0.149 e. The van der Waals surface area contributed by atoms with Crippen LogP contribution in [0, 0.1) is 5.82 Å². The highest BCUT2D eigenvalue weighted by Gasteiger charge is 2.27. The van der Waals surface area contributed by atoms with Crippen molar-refractivity contribution in [2.45, 2.75) is 25.0 Å². The van der Waals surface area contributed by atoms with E-state index in [-0.39, 0.29) is 18.0 Å². The third-order valence-corrected chi connectivity index (χ3v) is 6.10. The number of halogens is 1. The minimum Gasteiger partial charge on any atom is -0.380 e. The highest BCUT2D eigenvalue weighted by Crippen LogP contribution is 2.28. The molecule has 3 aliphatic rings. The molecule has 170 valence electrons. The van der Waals surface area contributed by atoms with Crippen LogP contribution >= 0.6 is 0 Å². The first-order valence-corrected chi connectivity index (χ1v) is 11.3. The average Bonchev–Trinajstić information content (AvgIpc) is 3.12. The Balaban J connectivity index is 1.37. The molecule has 2 saturated heterocycles. The van der Waals surface area contributed by atoms with Gasteiger partial charge in [0.05, 0.1) is 43.3 Å². The third-order valence-electron chi connectivity index (χ3n) is 6.10. The molecule has 2 atom stereocenters. The summed E-state index contributed by atoms with van der Waals surface area (Å²) < 4.78 is 26.4. The Bertz CT molecular complexity index is 957. The van der Waals surface area contributed by atoms with Gasteiger partial charge in [-0.25, -0.2) is 9.37 Å². The summed E-state index contributed by atoms with van der Waals surface area (Å²) in [6, 6.07) is 5.38. The van der Waals surface area contributed by atoms with E-state index in [1.54, 1.807) is 18.5 Å². The zero-order valence-corrected chi connectivity index (χ0v) is 18.1. The van der Waals surface area contributed by atoms with Crippen LogP contribution in [0.1, 0.15) is 29.4 Å². The monoisotopic (exact) mass is 440 g/mol. The Labute approximate surface area is 187 Å². The summed E-state index contributed by atoms with van der Waals surface area (Å²) in [5, 5.41) is 6.80. The lowest BCUT2D eigenvalue weighted by atomic mass is 9.96. The molecule has 0 radical (unpaired) electrons. The van der Waals surface area contributed by atoms with Crippen molar-refractivity contribution in [3.63, 3.8) is 0 Å².